The lowest BCUT2D eigenvalue weighted by Gasteiger charge is -2.17. The number of carbonyl (C=O) groups is 1. The molecule has 2 aliphatic rings. The minimum Gasteiger partial charge on any atom is -0.478 e. The molecule has 0 aromatic heterocycles. The largest absolute Gasteiger partial charge is 0.478 e. The van der Waals surface area contributed by atoms with Gasteiger partial charge >= 0.3 is 5.97 Å². The highest BCUT2D eigenvalue weighted by atomic mass is 16.4. The van der Waals surface area contributed by atoms with Crippen molar-refractivity contribution >= 4 is 49.3 Å². The van der Waals surface area contributed by atoms with Crippen molar-refractivity contribution in [3.8, 4) is 33.6 Å². The van der Waals surface area contributed by atoms with Crippen LogP contribution >= 0.6 is 0 Å². The van der Waals surface area contributed by atoms with Crippen LogP contribution in [-0.2, 0) is 0 Å². The second-order valence-corrected chi connectivity index (χ2v) is 10.2. The van der Waals surface area contributed by atoms with E-state index in [4.69, 9.17) is 4.42 Å². The quantitative estimate of drug-likeness (QED) is 0.188. The molecule has 8 rings (SSSR count). The van der Waals surface area contributed by atoms with Gasteiger partial charge < -0.3 is 9.52 Å². The van der Waals surface area contributed by atoms with E-state index < -0.39 is 5.97 Å². The average molecular weight is 517 g/mol. The van der Waals surface area contributed by atoms with E-state index in [0.29, 0.717) is 22.5 Å². The molecule has 1 aliphatic carbocycles. The average Bonchev–Trinajstić information content (AvgIpc) is 2.98. The third kappa shape index (κ3) is 3.26. The van der Waals surface area contributed by atoms with E-state index in [1.807, 2.05) is 24.3 Å². The predicted octanol–water partition coefficient (Wildman–Crippen LogP) is 8.83. The maximum atomic E-state index is 12.3. The van der Waals surface area contributed by atoms with Gasteiger partial charge in [-0.2, -0.15) is 0 Å². The van der Waals surface area contributed by atoms with Crippen molar-refractivity contribution in [3.05, 3.63) is 131 Å². The first kappa shape index (κ1) is 22.5. The Morgan fingerprint density at radius 3 is 2.05 bits per heavy atom. The first-order valence-electron chi connectivity index (χ1n) is 13.1. The normalized spacial score (nSPS) is 11.8. The maximum Gasteiger partial charge on any atom is 0.336 e. The summed E-state index contributed by atoms with van der Waals surface area (Å²) in [5, 5.41) is 18.0. The van der Waals surface area contributed by atoms with Crippen LogP contribution in [0.25, 0.3) is 76.9 Å². The summed E-state index contributed by atoms with van der Waals surface area (Å²) in [6.07, 6.45) is 0. The number of carboxylic acids is 1. The van der Waals surface area contributed by atoms with Crippen LogP contribution in [0.3, 0.4) is 0 Å². The third-order valence-electron chi connectivity index (χ3n) is 7.92. The van der Waals surface area contributed by atoms with Crippen LogP contribution in [0.1, 0.15) is 10.4 Å². The van der Waals surface area contributed by atoms with E-state index >= 15 is 0 Å². The highest BCUT2D eigenvalue weighted by Crippen LogP contribution is 2.43. The zero-order chi connectivity index (χ0) is 27.0. The molecule has 0 saturated heterocycles. The molecule has 188 valence electrons. The fourth-order valence-corrected chi connectivity index (χ4v) is 6.15. The molecule has 6 aromatic rings. The summed E-state index contributed by atoms with van der Waals surface area (Å²) in [6.45, 7) is 0. The lowest BCUT2D eigenvalue weighted by molar-refractivity contribution is 0.0697. The van der Waals surface area contributed by atoms with Crippen molar-refractivity contribution in [2.45, 2.75) is 0 Å². The zero-order valence-corrected chi connectivity index (χ0v) is 21.1. The monoisotopic (exact) mass is 516 g/mol. The molecule has 0 saturated carbocycles. The van der Waals surface area contributed by atoms with Crippen molar-refractivity contribution in [1.82, 2.24) is 0 Å². The SMILES string of the molecule is O=C(O)c1ccccc1-c1c2ccc(=O)cc-2oc2cc(-c3cc4ccc5cccc6ccc(c3)c4c56)ccc12. The highest BCUT2D eigenvalue weighted by molar-refractivity contribution is 6.23. The van der Waals surface area contributed by atoms with E-state index in [1.165, 1.54) is 44.5 Å². The molecule has 0 radical (unpaired) electrons. The van der Waals surface area contributed by atoms with Crippen LogP contribution in [0.4, 0.5) is 0 Å². The summed E-state index contributed by atoms with van der Waals surface area (Å²) in [6, 6.07) is 37.1. The van der Waals surface area contributed by atoms with E-state index in [0.717, 1.165) is 22.1 Å². The van der Waals surface area contributed by atoms with Crippen molar-refractivity contribution in [2.75, 3.05) is 0 Å². The van der Waals surface area contributed by atoms with Gasteiger partial charge in [-0.3, -0.25) is 4.79 Å². The molecule has 1 N–H and O–H groups in total. The maximum absolute atomic E-state index is 12.3. The first-order chi connectivity index (χ1) is 19.5. The standard InChI is InChI=1S/C36H20O4/c37-26-13-15-30-32(19-26)40-31-18-22(12-14-29(31)35(30)27-6-1-2-7-28(27)36(38)39)25-16-23-10-8-20-4-3-5-21-9-11-24(17-25)34(23)33(20)21/h1-19H,(H,38,39). The molecule has 0 unspecified atom stereocenters. The Kier molecular flexibility index (Phi) is 4.64. The Morgan fingerprint density at radius 2 is 1.30 bits per heavy atom. The molecule has 4 nitrogen and oxygen atoms in total. The van der Waals surface area contributed by atoms with Gasteiger partial charge in [-0.1, -0.05) is 66.7 Å². The number of benzene rings is 7. The molecule has 0 bridgehead atoms. The predicted molar refractivity (Wildman–Crippen MR) is 161 cm³/mol. The van der Waals surface area contributed by atoms with Crippen LogP contribution in [-0.4, -0.2) is 11.1 Å². The fraction of sp³-hybridized carbons (Fsp3) is 0. The molecule has 0 fully saturated rings. The molecule has 4 heteroatoms. The van der Waals surface area contributed by atoms with E-state index in [-0.39, 0.29) is 11.0 Å². The third-order valence-corrected chi connectivity index (χ3v) is 7.92. The Balaban J connectivity index is 1.40. The summed E-state index contributed by atoms with van der Waals surface area (Å²) in [5.74, 6) is -0.591. The molecule has 1 aliphatic heterocycles. The van der Waals surface area contributed by atoms with E-state index in [9.17, 15) is 14.7 Å². The number of hydrogen-bond donors (Lipinski definition) is 1. The number of fused-ring (bicyclic) bond motifs is 2. The van der Waals surface area contributed by atoms with Crippen molar-refractivity contribution in [1.29, 1.82) is 0 Å². The van der Waals surface area contributed by atoms with Gasteiger partial charge in [0, 0.05) is 22.6 Å². The summed E-state index contributed by atoms with van der Waals surface area (Å²) in [4.78, 5) is 24.4. The fourth-order valence-electron chi connectivity index (χ4n) is 6.15. The van der Waals surface area contributed by atoms with Crippen LogP contribution in [0, 0.1) is 0 Å². The summed E-state index contributed by atoms with van der Waals surface area (Å²) >= 11 is 0. The molecule has 1 heterocycles. The minimum absolute atomic E-state index is 0.170. The molecule has 0 spiro atoms. The number of hydrogen-bond acceptors (Lipinski definition) is 3. The molecule has 0 amide bonds. The van der Waals surface area contributed by atoms with Gasteiger partial charge in [0.1, 0.15) is 11.3 Å². The molecular formula is C36H20O4. The zero-order valence-electron chi connectivity index (χ0n) is 21.1. The Hall–Kier alpha value is -5.48. The van der Waals surface area contributed by atoms with Crippen LogP contribution in [0.5, 0.6) is 0 Å². The van der Waals surface area contributed by atoms with Crippen molar-refractivity contribution < 1.29 is 14.3 Å². The van der Waals surface area contributed by atoms with E-state index in [1.54, 1.807) is 24.3 Å². The van der Waals surface area contributed by atoms with Gasteiger partial charge in [-0.05, 0) is 91.5 Å². The van der Waals surface area contributed by atoms with Gasteiger partial charge in [-0.15, -0.1) is 0 Å². The molecule has 6 aromatic carbocycles. The Labute approximate surface area is 228 Å². The molecule has 40 heavy (non-hydrogen) atoms. The number of aromatic carboxylic acids is 1. The van der Waals surface area contributed by atoms with E-state index in [2.05, 4.69) is 54.6 Å². The van der Waals surface area contributed by atoms with Crippen molar-refractivity contribution in [2.24, 2.45) is 0 Å². The summed E-state index contributed by atoms with van der Waals surface area (Å²) < 4.78 is 6.30. The van der Waals surface area contributed by atoms with Gasteiger partial charge in [0.2, 0.25) is 0 Å². The van der Waals surface area contributed by atoms with Crippen LogP contribution in [0.2, 0.25) is 0 Å². The minimum atomic E-state index is -1.01. The highest BCUT2D eigenvalue weighted by Gasteiger charge is 2.22. The number of rotatable bonds is 3. The Morgan fingerprint density at radius 1 is 0.600 bits per heavy atom. The van der Waals surface area contributed by atoms with Gasteiger partial charge in [0.15, 0.2) is 5.43 Å². The number of carboxylic acid groups (broad SMARTS) is 1. The second kappa shape index (κ2) is 8.26. The summed E-state index contributed by atoms with van der Waals surface area (Å²) in [5.41, 5.74) is 4.62. The summed E-state index contributed by atoms with van der Waals surface area (Å²) in [7, 11) is 0. The van der Waals surface area contributed by atoms with Gasteiger partial charge in [0.05, 0.1) is 5.56 Å². The molecular weight excluding hydrogens is 496 g/mol. The molecule has 0 atom stereocenters. The van der Waals surface area contributed by atoms with Gasteiger partial charge in [0.25, 0.3) is 0 Å². The van der Waals surface area contributed by atoms with Crippen molar-refractivity contribution in [3.63, 3.8) is 0 Å². The van der Waals surface area contributed by atoms with Gasteiger partial charge in [-0.25, -0.2) is 4.79 Å². The smallest absolute Gasteiger partial charge is 0.336 e. The van der Waals surface area contributed by atoms with Crippen LogP contribution in [0.15, 0.2) is 124 Å². The van der Waals surface area contributed by atoms with Crippen LogP contribution < -0.4 is 5.43 Å². The lowest BCUT2D eigenvalue weighted by atomic mass is 9.89. The lowest BCUT2D eigenvalue weighted by Crippen LogP contribution is -2.03. The topological polar surface area (TPSA) is 67.5 Å². The second-order valence-electron chi connectivity index (χ2n) is 10.2. The Bertz CT molecular complexity index is 2260. The first-order valence-corrected chi connectivity index (χ1v) is 13.1.